The molecule has 1 aliphatic heterocycles. The maximum absolute atomic E-state index is 9.38. The summed E-state index contributed by atoms with van der Waals surface area (Å²) in [6.45, 7) is 3.19. The first-order valence-electron chi connectivity index (χ1n) is 7.77. The average molecular weight is 320 g/mol. The molecule has 1 unspecified atom stereocenters. The molecule has 1 saturated heterocycles. The van der Waals surface area contributed by atoms with Gasteiger partial charge in [-0.25, -0.2) is 0 Å². The number of halogens is 1. The number of hydrogen-bond acceptors (Lipinski definition) is 3. The fourth-order valence-corrected chi connectivity index (χ4v) is 3.41. The Balaban J connectivity index is 1.82. The van der Waals surface area contributed by atoms with Crippen molar-refractivity contribution in [1.82, 2.24) is 14.7 Å². The smallest absolute Gasteiger partial charge is 0.0968 e. The predicted octanol–water partition coefficient (Wildman–Crippen LogP) is 2.94. The molecule has 0 amide bonds. The van der Waals surface area contributed by atoms with Gasteiger partial charge < -0.3 is 5.11 Å². The number of rotatable bonds is 4. The van der Waals surface area contributed by atoms with Crippen LogP contribution in [-0.4, -0.2) is 39.5 Å². The number of piperidine rings is 1. The molecule has 1 aromatic heterocycles. The molecule has 4 nitrogen and oxygen atoms in total. The lowest BCUT2D eigenvalue weighted by atomic mass is 9.98. The SMILES string of the molecule is Cn1cc(CN2CCCC(CO)C2)c(-c2cccc(Cl)c2)n1. The van der Waals surface area contributed by atoms with Gasteiger partial charge in [0, 0.05) is 49.1 Å². The van der Waals surface area contributed by atoms with Crippen LogP contribution < -0.4 is 0 Å². The fourth-order valence-electron chi connectivity index (χ4n) is 3.22. The van der Waals surface area contributed by atoms with E-state index in [1.807, 2.05) is 36.0 Å². The van der Waals surface area contributed by atoms with Crippen LogP contribution in [-0.2, 0) is 13.6 Å². The number of benzene rings is 1. The largest absolute Gasteiger partial charge is 0.396 e. The quantitative estimate of drug-likeness (QED) is 0.942. The van der Waals surface area contributed by atoms with Crippen molar-refractivity contribution < 1.29 is 5.11 Å². The number of aryl methyl sites for hydroxylation is 1. The zero-order valence-corrected chi connectivity index (χ0v) is 13.6. The molecule has 2 aromatic rings. The molecule has 2 heterocycles. The van der Waals surface area contributed by atoms with E-state index < -0.39 is 0 Å². The van der Waals surface area contributed by atoms with Crippen LogP contribution in [0.2, 0.25) is 5.02 Å². The Morgan fingerprint density at radius 1 is 1.41 bits per heavy atom. The van der Waals surface area contributed by atoms with Crippen LogP contribution >= 0.6 is 11.6 Å². The van der Waals surface area contributed by atoms with Crippen molar-refractivity contribution >= 4 is 11.6 Å². The maximum Gasteiger partial charge on any atom is 0.0968 e. The predicted molar refractivity (Wildman–Crippen MR) is 88.7 cm³/mol. The Hall–Kier alpha value is -1.36. The first kappa shape index (κ1) is 15.5. The Bertz CT molecular complexity index is 641. The third kappa shape index (κ3) is 3.51. The van der Waals surface area contributed by atoms with E-state index in [2.05, 4.69) is 16.2 Å². The van der Waals surface area contributed by atoms with Gasteiger partial charge in [-0.05, 0) is 37.4 Å². The molecular formula is C17H22ClN3O. The summed E-state index contributed by atoms with van der Waals surface area (Å²) in [4.78, 5) is 2.41. The summed E-state index contributed by atoms with van der Waals surface area (Å²) in [5, 5.41) is 14.7. The van der Waals surface area contributed by atoms with Gasteiger partial charge in [0.1, 0.15) is 0 Å². The van der Waals surface area contributed by atoms with Crippen LogP contribution in [0.3, 0.4) is 0 Å². The van der Waals surface area contributed by atoms with E-state index in [9.17, 15) is 5.11 Å². The van der Waals surface area contributed by atoms with Gasteiger partial charge >= 0.3 is 0 Å². The zero-order valence-electron chi connectivity index (χ0n) is 12.9. The summed E-state index contributed by atoms with van der Waals surface area (Å²) < 4.78 is 1.86. The summed E-state index contributed by atoms with van der Waals surface area (Å²) in [7, 11) is 1.95. The molecule has 1 N–H and O–H groups in total. The monoisotopic (exact) mass is 319 g/mol. The van der Waals surface area contributed by atoms with Crippen LogP contribution in [0.15, 0.2) is 30.5 Å². The summed E-state index contributed by atoms with van der Waals surface area (Å²) in [5.41, 5.74) is 3.26. The lowest BCUT2D eigenvalue weighted by Crippen LogP contribution is -2.36. The van der Waals surface area contributed by atoms with Crippen molar-refractivity contribution in [2.24, 2.45) is 13.0 Å². The van der Waals surface area contributed by atoms with E-state index >= 15 is 0 Å². The van der Waals surface area contributed by atoms with E-state index in [1.54, 1.807) is 0 Å². The summed E-state index contributed by atoms with van der Waals surface area (Å²) in [6.07, 6.45) is 4.36. The molecule has 0 bridgehead atoms. The third-order valence-electron chi connectivity index (χ3n) is 4.26. The van der Waals surface area contributed by atoms with Crippen molar-refractivity contribution in [3.05, 3.63) is 41.0 Å². The lowest BCUT2D eigenvalue weighted by molar-refractivity contribution is 0.116. The molecule has 0 radical (unpaired) electrons. The van der Waals surface area contributed by atoms with Gasteiger partial charge in [0.25, 0.3) is 0 Å². The molecule has 0 aliphatic carbocycles. The van der Waals surface area contributed by atoms with E-state index in [-0.39, 0.29) is 6.61 Å². The second-order valence-corrected chi connectivity index (χ2v) is 6.55. The summed E-state index contributed by atoms with van der Waals surface area (Å²) >= 11 is 6.11. The van der Waals surface area contributed by atoms with Crippen molar-refractivity contribution in [2.45, 2.75) is 19.4 Å². The van der Waals surface area contributed by atoms with Crippen LogP contribution in [0.25, 0.3) is 11.3 Å². The highest BCUT2D eigenvalue weighted by Crippen LogP contribution is 2.27. The molecule has 1 fully saturated rings. The molecule has 1 atom stereocenters. The fraction of sp³-hybridized carbons (Fsp3) is 0.471. The summed E-state index contributed by atoms with van der Waals surface area (Å²) in [5.74, 6) is 0.403. The standard InChI is InChI=1S/C17H22ClN3O/c1-20-10-15(11-21-7-3-4-13(9-21)12-22)17(19-20)14-5-2-6-16(18)8-14/h2,5-6,8,10,13,22H,3-4,7,9,11-12H2,1H3. The van der Waals surface area contributed by atoms with Crippen LogP contribution in [0.4, 0.5) is 0 Å². The van der Waals surface area contributed by atoms with E-state index in [1.165, 1.54) is 5.56 Å². The number of hydrogen-bond donors (Lipinski definition) is 1. The lowest BCUT2D eigenvalue weighted by Gasteiger charge is -2.31. The number of nitrogens with zero attached hydrogens (tertiary/aromatic N) is 3. The normalized spacial score (nSPS) is 19.5. The van der Waals surface area contributed by atoms with Crippen LogP contribution in [0.5, 0.6) is 0 Å². The Morgan fingerprint density at radius 3 is 3.05 bits per heavy atom. The molecule has 3 rings (SSSR count). The number of likely N-dealkylation sites (tertiary alicyclic amines) is 1. The minimum Gasteiger partial charge on any atom is -0.396 e. The Labute approximate surface area is 136 Å². The molecule has 0 saturated carbocycles. The maximum atomic E-state index is 9.38. The van der Waals surface area contributed by atoms with Gasteiger partial charge in [0.05, 0.1) is 5.69 Å². The van der Waals surface area contributed by atoms with Gasteiger partial charge in [-0.1, -0.05) is 23.7 Å². The van der Waals surface area contributed by atoms with Gasteiger partial charge in [0.15, 0.2) is 0 Å². The Kier molecular flexibility index (Phi) is 4.81. The van der Waals surface area contributed by atoms with E-state index in [4.69, 9.17) is 11.6 Å². The molecule has 1 aliphatic rings. The molecule has 0 spiro atoms. The van der Waals surface area contributed by atoms with Crippen molar-refractivity contribution in [1.29, 1.82) is 0 Å². The van der Waals surface area contributed by atoms with Gasteiger partial charge in [-0.2, -0.15) is 5.10 Å². The number of aliphatic hydroxyl groups is 1. The third-order valence-corrected chi connectivity index (χ3v) is 4.49. The van der Waals surface area contributed by atoms with Crippen LogP contribution in [0.1, 0.15) is 18.4 Å². The minimum atomic E-state index is 0.282. The second kappa shape index (κ2) is 6.82. The van der Waals surface area contributed by atoms with Gasteiger partial charge in [0.2, 0.25) is 0 Å². The molecular weight excluding hydrogens is 298 g/mol. The molecule has 118 valence electrons. The van der Waals surface area contributed by atoms with Crippen molar-refractivity contribution in [3.63, 3.8) is 0 Å². The highest BCUT2D eigenvalue weighted by atomic mass is 35.5. The highest BCUT2D eigenvalue weighted by Gasteiger charge is 2.21. The second-order valence-electron chi connectivity index (χ2n) is 6.11. The van der Waals surface area contributed by atoms with Gasteiger partial charge in [-0.15, -0.1) is 0 Å². The summed E-state index contributed by atoms with van der Waals surface area (Å²) in [6, 6.07) is 7.84. The molecule has 5 heteroatoms. The van der Waals surface area contributed by atoms with Crippen LogP contribution in [0, 0.1) is 5.92 Å². The minimum absolute atomic E-state index is 0.282. The number of aliphatic hydroxyl groups excluding tert-OH is 1. The van der Waals surface area contributed by atoms with Crippen molar-refractivity contribution in [3.8, 4) is 11.3 Å². The zero-order chi connectivity index (χ0) is 15.5. The topological polar surface area (TPSA) is 41.3 Å². The van der Waals surface area contributed by atoms with Crippen molar-refractivity contribution in [2.75, 3.05) is 19.7 Å². The van der Waals surface area contributed by atoms with E-state index in [0.717, 1.165) is 48.8 Å². The number of aromatic nitrogens is 2. The first-order chi connectivity index (χ1) is 10.7. The van der Waals surface area contributed by atoms with E-state index in [0.29, 0.717) is 5.92 Å². The highest BCUT2D eigenvalue weighted by molar-refractivity contribution is 6.30. The average Bonchev–Trinajstić information content (AvgIpc) is 2.88. The first-order valence-corrected chi connectivity index (χ1v) is 8.15. The van der Waals surface area contributed by atoms with Gasteiger partial charge in [-0.3, -0.25) is 9.58 Å². The molecule has 1 aromatic carbocycles. The Morgan fingerprint density at radius 2 is 2.27 bits per heavy atom. The molecule has 22 heavy (non-hydrogen) atoms.